The van der Waals surface area contributed by atoms with Crippen LogP contribution in [0.4, 0.5) is 0 Å². The van der Waals surface area contributed by atoms with Crippen LogP contribution in [0.3, 0.4) is 0 Å². The maximum absolute atomic E-state index is 2.53. The summed E-state index contributed by atoms with van der Waals surface area (Å²) in [6.45, 7) is 40.5. The molecule has 0 unspecified atom stereocenters. The first-order valence-electron chi connectivity index (χ1n) is 10.0. The van der Waals surface area contributed by atoms with E-state index in [1.54, 1.807) is 0 Å². The van der Waals surface area contributed by atoms with Gasteiger partial charge in [0.15, 0.2) is 0 Å². The highest BCUT2D eigenvalue weighted by molar-refractivity contribution is 5.20. The zero-order chi connectivity index (χ0) is 20.0. The Balaban J connectivity index is 4.09. The second kappa shape index (κ2) is 4.83. The fourth-order valence-corrected chi connectivity index (χ4v) is 6.25. The predicted molar refractivity (Wildman–Crippen MR) is 110 cm³/mol. The summed E-state index contributed by atoms with van der Waals surface area (Å²) in [6.07, 6.45) is 0. The van der Waals surface area contributed by atoms with Gasteiger partial charge in [0.1, 0.15) is 0 Å². The van der Waals surface area contributed by atoms with Crippen LogP contribution in [-0.4, -0.2) is 0 Å². The molecule has 1 fully saturated rings. The van der Waals surface area contributed by atoms with Crippen molar-refractivity contribution in [2.75, 3.05) is 0 Å². The lowest BCUT2D eigenvalue weighted by atomic mass is 9.28. The Morgan fingerprint density at radius 2 is 0.208 bits per heavy atom. The highest BCUT2D eigenvalue weighted by Crippen LogP contribution is 2.78. The van der Waals surface area contributed by atoms with Crippen molar-refractivity contribution in [3.05, 3.63) is 0 Å². The summed E-state index contributed by atoms with van der Waals surface area (Å²) in [5, 5.41) is 0. The fraction of sp³-hybridized carbons (Fsp3) is 1.00. The zero-order valence-corrected chi connectivity index (χ0v) is 20.0. The Bertz CT molecular complexity index is 328. The summed E-state index contributed by atoms with van der Waals surface area (Å²) in [6, 6.07) is 0. The van der Waals surface area contributed by atoms with Gasteiger partial charge in [-0.3, -0.25) is 0 Å². The van der Waals surface area contributed by atoms with Crippen LogP contribution in [0.5, 0.6) is 0 Å². The molecule has 1 rings (SSSR count). The molecule has 0 N–H and O–H groups in total. The highest BCUT2D eigenvalue weighted by Gasteiger charge is 2.72. The smallest absolute Gasteiger partial charge is 0.0241 e. The van der Waals surface area contributed by atoms with Crippen LogP contribution >= 0.6 is 0 Å². The topological polar surface area (TPSA) is 0 Å². The van der Waals surface area contributed by atoms with Crippen molar-refractivity contribution in [1.82, 2.24) is 0 Å². The summed E-state index contributed by atoms with van der Waals surface area (Å²) in [5.74, 6) is 0. The van der Waals surface area contributed by atoms with E-state index in [1.165, 1.54) is 0 Å². The van der Waals surface area contributed by atoms with Gasteiger partial charge in [-0.15, -0.1) is 0 Å². The van der Waals surface area contributed by atoms with Crippen molar-refractivity contribution >= 4 is 0 Å². The van der Waals surface area contributed by atoms with Crippen LogP contribution in [-0.2, 0) is 0 Å². The van der Waals surface area contributed by atoms with Gasteiger partial charge in [-0.05, 0) is 43.3 Å². The van der Waals surface area contributed by atoms with Gasteiger partial charge >= 0.3 is 0 Å². The van der Waals surface area contributed by atoms with Crippen molar-refractivity contribution in [3.8, 4) is 0 Å². The third kappa shape index (κ3) is 1.87. The summed E-state index contributed by atoms with van der Waals surface area (Å²) in [4.78, 5) is 0. The molecular formula is C24H48. The number of rotatable bonds is 0. The average Bonchev–Trinajstić information content (AvgIpc) is 2.35. The maximum atomic E-state index is 2.53. The van der Waals surface area contributed by atoms with Gasteiger partial charge in [0.05, 0.1) is 0 Å². The van der Waals surface area contributed by atoms with Gasteiger partial charge in [-0.25, -0.2) is 0 Å². The van der Waals surface area contributed by atoms with E-state index < -0.39 is 0 Å². The first-order valence-corrected chi connectivity index (χ1v) is 10.0. The molecule has 0 saturated heterocycles. The Morgan fingerprint density at radius 1 is 0.167 bits per heavy atom. The Kier molecular flexibility index (Phi) is 4.44. The molecule has 1 aliphatic rings. The Labute approximate surface area is 154 Å². The second-order valence-electron chi connectivity index (χ2n) is 13.0. The SMILES string of the molecule is CC1(C)C(C)(C)C(C)(C)C(C)(C)C(C)(C)C(C)(C)C(C)(C)C1(C)C. The number of hydrogen-bond acceptors (Lipinski definition) is 0. The van der Waals surface area contributed by atoms with E-state index in [0.29, 0.717) is 0 Å². The molecule has 1 saturated carbocycles. The van der Waals surface area contributed by atoms with E-state index in [1.807, 2.05) is 0 Å². The molecule has 0 atom stereocenters. The molecule has 0 aromatic rings. The number of hydrogen-bond donors (Lipinski definition) is 0. The first-order chi connectivity index (χ1) is 10.0. The quantitative estimate of drug-likeness (QED) is 0.418. The van der Waals surface area contributed by atoms with Crippen molar-refractivity contribution in [2.45, 2.75) is 111 Å². The molecule has 0 amide bonds. The zero-order valence-electron chi connectivity index (χ0n) is 20.0. The van der Waals surface area contributed by atoms with Crippen LogP contribution < -0.4 is 0 Å². The Morgan fingerprint density at radius 3 is 0.250 bits per heavy atom. The first kappa shape index (κ1) is 22.0. The van der Waals surface area contributed by atoms with Crippen LogP contribution in [0.25, 0.3) is 0 Å². The van der Waals surface area contributed by atoms with E-state index in [9.17, 15) is 0 Å². The van der Waals surface area contributed by atoms with E-state index in [-0.39, 0.29) is 43.3 Å². The van der Waals surface area contributed by atoms with Crippen LogP contribution in [0.2, 0.25) is 0 Å². The van der Waals surface area contributed by atoms with E-state index in [4.69, 9.17) is 0 Å². The molecular weight excluding hydrogens is 288 g/mol. The highest BCUT2D eigenvalue weighted by atomic mass is 14.8. The molecule has 1 aliphatic carbocycles. The van der Waals surface area contributed by atoms with Crippen LogP contribution in [0, 0.1) is 43.3 Å². The fourth-order valence-electron chi connectivity index (χ4n) is 6.25. The van der Waals surface area contributed by atoms with Gasteiger partial charge in [0.25, 0.3) is 0 Å². The molecule has 144 valence electrons. The van der Waals surface area contributed by atoms with Gasteiger partial charge in [0, 0.05) is 0 Å². The standard InChI is InChI=1S/C24H48/c1-17(2)18(3,4)20(7,8)22(11,12)24(15,16)23(13,14)21(9,10)19(17,5)6/h1-16H3. The van der Waals surface area contributed by atoms with Gasteiger partial charge in [0.2, 0.25) is 0 Å². The predicted octanol–water partition coefficient (Wildman–Crippen LogP) is 8.21. The van der Waals surface area contributed by atoms with Gasteiger partial charge in [-0.1, -0.05) is 111 Å². The molecule has 0 heterocycles. The third-order valence-electron chi connectivity index (χ3n) is 12.5. The maximum Gasteiger partial charge on any atom is -0.0241 e. The lowest BCUT2D eigenvalue weighted by Gasteiger charge is -2.76. The largest absolute Gasteiger partial charge is 0.0588 e. The molecule has 24 heavy (non-hydrogen) atoms. The van der Waals surface area contributed by atoms with Crippen molar-refractivity contribution in [2.24, 2.45) is 43.3 Å². The molecule has 0 aromatic heterocycles. The van der Waals surface area contributed by atoms with E-state index in [2.05, 4.69) is 111 Å². The average molecular weight is 337 g/mol. The molecule has 0 bridgehead atoms. The summed E-state index contributed by atoms with van der Waals surface area (Å²) in [5.41, 5.74) is 1.54. The van der Waals surface area contributed by atoms with Crippen LogP contribution in [0.15, 0.2) is 0 Å². The summed E-state index contributed by atoms with van der Waals surface area (Å²) >= 11 is 0. The molecule has 0 heteroatoms. The van der Waals surface area contributed by atoms with Crippen molar-refractivity contribution in [1.29, 1.82) is 0 Å². The van der Waals surface area contributed by atoms with Crippen molar-refractivity contribution in [3.63, 3.8) is 0 Å². The molecule has 0 radical (unpaired) electrons. The second-order valence-corrected chi connectivity index (χ2v) is 13.0. The van der Waals surface area contributed by atoms with Crippen LogP contribution in [0.1, 0.15) is 111 Å². The lowest BCUT2D eigenvalue weighted by Crippen LogP contribution is -2.70. The van der Waals surface area contributed by atoms with E-state index >= 15 is 0 Å². The minimum Gasteiger partial charge on any atom is -0.0588 e. The summed E-state index contributed by atoms with van der Waals surface area (Å²) < 4.78 is 0. The Hall–Kier alpha value is 0. The monoisotopic (exact) mass is 336 g/mol. The van der Waals surface area contributed by atoms with Gasteiger partial charge < -0.3 is 0 Å². The molecule has 0 nitrogen and oxygen atoms in total. The molecule has 0 aromatic carbocycles. The minimum atomic E-state index is 0.192. The lowest BCUT2D eigenvalue weighted by molar-refractivity contribution is -0.283. The third-order valence-corrected chi connectivity index (χ3v) is 12.5. The van der Waals surface area contributed by atoms with Crippen molar-refractivity contribution < 1.29 is 0 Å². The van der Waals surface area contributed by atoms with Gasteiger partial charge in [-0.2, -0.15) is 0 Å². The molecule has 0 spiro atoms. The van der Waals surface area contributed by atoms with E-state index in [0.717, 1.165) is 0 Å². The summed E-state index contributed by atoms with van der Waals surface area (Å²) in [7, 11) is 0. The minimum absolute atomic E-state index is 0.192. The normalized spacial score (nSPS) is 34.0. The molecule has 0 aliphatic heterocycles.